The highest BCUT2D eigenvalue weighted by atomic mass is 14.3. The quantitative estimate of drug-likeness (QED) is 0.603. The Hall–Kier alpha value is -1.56. The van der Waals surface area contributed by atoms with E-state index in [0.717, 1.165) is 19.3 Å². The van der Waals surface area contributed by atoms with Crippen molar-refractivity contribution in [1.29, 1.82) is 0 Å². The van der Waals surface area contributed by atoms with Gasteiger partial charge in [0, 0.05) is 0 Å². The Bertz CT molecular complexity index is 513. The second kappa shape index (κ2) is 4.03. The van der Waals surface area contributed by atoms with E-state index in [0.29, 0.717) is 0 Å². The monoisotopic (exact) mass is 222 g/mol. The Kier molecular flexibility index (Phi) is 2.51. The fraction of sp³-hybridized carbons (Fsp3) is 0.294. The number of hydrogen-bond donors (Lipinski definition) is 0. The van der Waals surface area contributed by atoms with E-state index in [1.807, 2.05) is 0 Å². The molecular formula is C17H18. The molecular weight excluding hydrogens is 204 g/mol. The number of hydrogen-bond acceptors (Lipinski definition) is 0. The lowest BCUT2D eigenvalue weighted by Crippen LogP contribution is -1.92. The van der Waals surface area contributed by atoms with Gasteiger partial charge in [-0.15, -0.1) is 0 Å². The molecule has 2 aromatic rings. The van der Waals surface area contributed by atoms with E-state index >= 15 is 0 Å². The fourth-order valence-corrected chi connectivity index (χ4v) is 3.03. The van der Waals surface area contributed by atoms with Crippen molar-refractivity contribution in [2.45, 2.75) is 33.1 Å². The number of benzene rings is 2. The van der Waals surface area contributed by atoms with Crippen LogP contribution >= 0.6 is 0 Å². The van der Waals surface area contributed by atoms with Gasteiger partial charge >= 0.3 is 0 Å². The summed E-state index contributed by atoms with van der Waals surface area (Å²) >= 11 is 0. The highest BCUT2D eigenvalue weighted by molar-refractivity contribution is 5.79. The second-order valence-electron chi connectivity index (χ2n) is 4.77. The third kappa shape index (κ3) is 1.51. The SMILES string of the molecule is CCc1cccc2c1Cc1c(CC)cccc1-2. The lowest BCUT2D eigenvalue weighted by molar-refractivity contribution is 1.05. The van der Waals surface area contributed by atoms with Crippen molar-refractivity contribution in [2.24, 2.45) is 0 Å². The molecule has 0 nitrogen and oxygen atoms in total. The first-order valence-electron chi connectivity index (χ1n) is 6.57. The predicted molar refractivity (Wildman–Crippen MR) is 73.4 cm³/mol. The van der Waals surface area contributed by atoms with Crippen LogP contribution in [0.4, 0.5) is 0 Å². The van der Waals surface area contributed by atoms with E-state index < -0.39 is 0 Å². The summed E-state index contributed by atoms with van der Waals surface area (Å²) in [7, 11) is 0. The van der Waals surface area contributed by atoms with E-state index in [1.54, 1.807) is 11.1 Å². The summed E-state index contributed by atoms with van der Waals surface area (Å²) in [6, 6.07) is 13.5. The Labute approximate surface area is 103 Å². The van der Waals surface area contributed by atoms with E-state index in [9.17, 15) is 0 Å². The van der Waals surface area contributed by atoms with Crippen molar-refractivity contribution in [3.63, 3.8) is 0 Å². The van der Waals surface area contributed by atoms with Gasteiger partial charge in [-0.25, -0.2) is 0 Å². The molecule has 0 saturated carbocycles. The summed E-state index contributed by atoms with van der Waals surface area (Å²) in [6.07, 6.45) is 3.41. The topological polar surface area (TPSA) is 0 Å². The van der Waals surface area contributed by atoms with Gasteiger partial charge in [0.15, 0.2) is 0 Å². The maximum Gasteiger partial charge on any atom is -0.000799 e. The zero-order valence-electron chi connectivity index (χ0n) is 10.6. The van der Waals surface area contributed by atoms with Gasteiger partial charge in [-0.05, 0) is 52.6 Å². The average Bonchev–Trinajstić information content (AvgIpc) is 2.77. The van der Waals surface area contributed by atoms with Crippen LogP contribution in [0.5, 0.6) is 0 Å². The molecule has 0 atom stereocenters. The summed E-state index contributed by atoms with van der Waals surface area (Å²) < 4.78 is 0. The zero-order chi connectivity index (χ0) is 11.8. The first-order valence-corrected chi connectivity index (χ1v) is 6.57. The summed E-state index contributed by atoms with van der Waals surface area (Å²) in [6.45, 7) is 4.50. The smallest absolute Gasteiger partial charge is 0.000799 e. The predicted octanol–water partition coefficient (Wildman–Crippen LogP) is 4.38. The van der Waals surface area contributed by atoms with E-state index in [2.05, 4.69) is 50.2 Å². The van der Waals surface area contributed by atoms with Gasteiger partial charge in [0.1, 0.15) is 0 Å². The summed E-state index contributed by atoms with van der Waals surface area (Å²) in [5.74, 6) is 0. The Morgan fingerprint density at radius 2 is 1.24 bits per heavy atom. The van der Waals surface area contributed by atoms with Crippen LogP contribution in [0.2, 0.25) is 0 Å². The maximum atomic E-state index is 2.28. The van der Waals surface area contributed by atoms with Gasteiger partial charge in [0.25, 0.3) is 0 Å². The molecule has 3 rings (SSSR count). The number of rotatable bonds is 2. The van der Waals surface area contributed by atoms with Crippen molar-refractivity contribution in [3.05, 3.63) is 58.7 Å². The normalized spacial score (nSPS) is 12.4. The molecule has 0 heteroatoms. The Morgan fingerprint density at radius 3 is 1.65 bits per heavy atom. The van der Waals surface area contributed by atoms with Gasteiger partial charge in [0.2, 0.25) is 0 Å². The van der Waals surface area contributed by atoms with Crippen LogP contribution in [-0.4, -0.2) is 0 Å². The molecule has 0 amide bonds. The van der Waals surface area contributed by atoms with Crippen LogP contribution in [0, 0.1) is 0 Å². The molecule has 0 heterocycles. The van der Waals surface area contributed by atoms with Crippen molar-refractivity contribution in [1.82, 2.24) is 0 Å². The highest BCUT2D eigenvalue weighted by Gasteiger charge is 2.21. The van der Waals surface area contributed by atoms with Crippen LogP contribution in [0.1, 0.15) is 36.1 Å². The van der Waals surface area contributed by atoms with Crippen LogP contribution in [0.3, 0.4) is 0 Å². The summed E-state index contributed by atoms with van der Waals surface area (Å²) in [4.78, 5) is 0. The average molecular weight is 222 g/mol. The molecule has 17 heavy (non-hydrogen) atoms. The molecule has 0 spiro atoms. The molecule has 2 aromatic carbocycles. The zero-order valence-corrected chi connectivity index (χ0v) is 10.6. The van der Waals surface area contributed by atoms with Crippen LogP contribution < -0.4 is 0 Å². The standard InChI is InChI=1S/C17H18/c1-3-12-7-5-9-14-15-10-6-8-13(4-2)17(15)11-16(12)14/h5-10H,3-4,11H2,1-2H3. The van der Waals surface area contributed by atoms with Crippen LogP contribution in [0.25, 0.3) is 11.1 Å². The third-order valence-electron chi connectivity index (χ3n) is 3.95. The first kappa shape index (κ1) is 10.6. The van der Waals surface area contributed by atoms with Crippen molar-refractivity contribution < 1.29 is 0 Å². The fourth-order valence-electron chi connectivity index (χ4n) is 3.03. The lowest BCUT2D eigenvalue weighted by Gasteiger charge is -2.05. The first-order chi connectivity index (χ1) is 8.35. The highest BCUT2D eigenvalue weighted by Crippen LogP contribution is 2.40. The molecule has 86 valence electrons. The van der Waals surface area contributed by atoms with Gasteiger partial charge in [0.05, 0.1) is 0 Å². The molecule has 0 aromatic heterocycles. The van der Waals surface area contributed by atoms with Gasteiger partial charge < -0.3 is 0 Å². The maximum absolute atomic E-state index is 2.28. The summed E-state index contributed by atoms with van der Waals surface area (Å²) in [5, 5.41) is 0. The van der Waals surface area contributed by atoms with Crippen molar-refractivity contribution in [2.75, 3.05) is 0 Å². The third-order valence-corrected chi connectivity index (χ3v) is 3.95. The molecule has 0 aliphatic heterocycles. The molecule has 1 aliphatic carbocycles. The lowest BCUT2D eigenvalue weighted by atomic mass is 10.00. The van der Waals surface area contributed by atoms with Gasteiger partial charge in [-0.3, -0.25) is 0 Å². The van der Waals surface area contributed by atoms with Crippen LogP contribution in [-0.2, 0) is 19.3 Å². The van der Waals surface area contributed by atoms with E-state index in [1.165, 1.54) is 22.3 Å². The van der Waals surface area contributed by atoms with Crippen molar-refractivity contribution in [3.8, 4) is 11.1 Å². The molecule has 0 N–H and O–H groups in total. The Balaban J connectivity index is 2.23. The minimum Gasteiger partial charge on any atom is -0.0614 e. The van der Waals surface area contributed by atoms with Gasteiger partial charge in [-0.2, -0.15) is 0 Å². The minimum absolute atomic E-state index is 1.14. The van der Waals surface area contributed by atoms with E-state index in [4.69, 9.17) is 0 Å². The minimum atomic E-state index is 1.14. The van der Waals surface area contributed by atoms with E-state index in [-0.39, 0.29) is 0 Å². The molecule has 0 bridgehead atoms. The molecule has 1 aliphatic rings. The number of fused-ring (bicyclic) bond motifs is 3. The second-order valence-corrected chi connectivity index (χ2v) is 4.77. The molecule has 0 saturated heterocycles. The number of aryl methyl sites for hydroxylation is 2. The largest absolute Gasteiger partial charge is 0.0614 e. The Morgan fingerprint density at radius 1 is 0.765 bits per heavy atom. The van der Waals surface area contributed by atoms with Gasteiger partial charge in [-0.1, -0.05) is 50.2 Å². The summed E-state index contributed by atoms with van der Waals surface area (Å²) in [5.41, 5.74) is 9.09. The molecule has 0 fully saturated rings. The molecule has 0 unspecified atom stereocenters. The van der Waals surface area contributed by atoms with Crippen molar-refractivity contribution >= 4 is 0 Å². The molecule has 0 radical (unpaired) electrons. The van der Waals surface area contributed by atoms with Crippen LogP contribution in [0.15, 0.2) is 36.4 Å².